The first-order chi connectivity index (χ1) is 12.8. The van der Waals surface area contributed by atoms with Crippen LogP contribution in [0.4, 0.5) is 0 Å². The molecule has 0 saturated heterocycles. The van der Waals surface area contributed by atoms with Crippen LogP contribution in [0.25, 0.3) is 0 Å². The molecule has 0 amide bonds. The summed E-state index contributed by atoms with van der Waals surface area (Å²) in [4.78, 5) is 0. The molecule has 8 heteroatoms. The number of hydrogen-bond donors (Lipinski definition) is 2. The van der Waals surface area contributed by atoms with Crippen molar-refractivity contribution >= 4 is 12.4 Å². The van der Waals surface area contributed by atoms with Crippen LogP contribution in [-0.2, 0) is 13.1 Å². The van der Waals surface area contributed by atoms with Crippen molar-refractivity contribution in [2.45, 2.75) is 13.1 Å². The van der Waals surface area contributed by atoms with E-state index in [0.717, 1.165) is 24.2 Å². The summed E-state index contributed by atoms with van der Waals surface area (Å²) in [5.41, 5.74) is 4.05. The normalized spacial score (nSPS) is 10.6. The highest BCUT2D eigenvalue weighted by molar-refractivity contribution is 5.78. The van der Waals surface area contributed by atoms with Gasteiger partial charge in [0.25, 0.3) is 0 Å². The lowest BCUT2D eigenvalue weighted by Gasteiger charge is -2.02. The molecular formula is C20H20Br2N4O2. The Hall–Kier alpha value is -2.58. The highest BCUT2D eigenvalue weighted by atomic mass is 79.9. The van der Waals surface area contributed by atoms with Crippen molar-refractivity contribution < 1.29 is 53.5 Å². The molecule has 0 fully saturated rings. The van der Waals surface area contributed by atoms with E-state index in [4.69, 9.17) is 10.4 Å². The van der Waals surface area contributed by atoms with Crippen molar-refractivity contribution in [3.8, 4) is 0 Å². The molecule has 0 aliphatic heterocycles. The molecule has 0 bridgehead atoms. The molecule has 146 valence electrons. The maximum atomic E-state index is 8.64. The van der Waals surface area contributed by atoms with Crippen molar-refractivity contribution in [2.75, 3.05) is 0 Å². The fraction of sp³-hybridized carbons (Fsp3) is 0.100. The monoisotopic (exact) mass is 506 g/mol. The second-order valence-corrected chi connectivity index (χ2v) is 5.92. The van der Waals surface area contributed by atoms with Crippen LogP contribution in [-0.4, -0.2) is 22.8 Å². The minimum Gasteiger partial charge on any atom is -1.00 e. The van der Waals surface area contributed by atoms with Gasteiger partial charge in [0.05, 0.1) is 23.6 Å². The lowest BCUT2D eigenvalue weighted by atomic mass is 10.1. The molecule has 1 aromatic carbocycles. The summed E-state index contributed by atoms with van der Waals surface area (Å²) in [5.74, 6) is 0. The Morgan fingerprint density at radius 3 is 1.43 bits per heavy atom. The summed E-state index contributed by atoms with van der Waals surface area (Å²) in [6.45, 7) is 1.48. The maximum Gasteiger partial charge on any atom is 0.178 e. The first-order valence-corrected chi connectivity index (χ1v) is 8.18. The fourth-order valence-corrected chi connectivity index (χ4v) is 2.74. The molecule has 0 spiro atoms. The van der Waals surface area contributed by atoms with Gasteiger partial charge in [-0.1, -0.05) is 34.6 Å². The fourth-order valence-electron chi connectivity index (χ4n) is 2.74. The highest BCUT2D eigenvalue weighted by Gasteiger charge is 2.07. The number of nitrogens with zero attached hydrogens (tertiary/aromatic N) is 4. The molecule has 6 nitrogen and oxygen atoms in total. The zero-order valence-electron chi connectivity index (χ0n) is 14.9. The van der Waals surface area contributed by atoms with Crippen molar-refractivity contribution in [3.63, 3.8) is 0 Å². The summed E-state index contributed by atoms with van der Waals surface area (Å²) in [5, 5.41) is 23.4. The average molecular weight is 508 g/mol. The zero-order chi connectivity index (χ0) is 18.2. The molecule has 2 N–H and O–H groups in total. The second kappa shape index (κ2) is 12.0. The third-order valence-electron chi connectivity index (χ3n) is 3.93. The minimum atomic E-state index is 0. The van der Waals surface area contributed by atoms with Crippen LogP contribution in [0.2, 0.25) is 0 Å². The number of aromatic nitrogens is 2. The number of pyridine rings is 2. The number of rotatable bonds is 6. The molecule has 0 saturated carbocycles. The predicted octanol–water partition coefficient (Wildman–Crippen LogP) is -4.02. The molecule has 0 unspecified atom stereocenters. The van der Waals surface area contributed by atoms with Crippen molar-refractivity contribution in [2.24, 2.45) is 10.3 Å². The van der Waals surface area contributed by atoms with Gasteiger partial charge in [-0.25, -0.2) is 9.13 Å². The topological polar surface area (TPSA) is 72.9 Å². The Morgan fingerprint density at radius 1 is 0.679 bits per heavy atom. The third-order valence-corrected chi connectivity index (χ3v) is 3.93. The predicted molar refractivity (Wildman–Crippen MR) is 96.7 cm³/mol. The maximum absolute atomic E-state index is 8.64. The average Bonchev–Trinajstić information content (AvgIpc) is 2.65. The van der Waals surface area contributed by atoms with E-state index < -0.39 is 0 Å². The standard InChI is InChI=1S/C20H18N4O2.2BrH/c25-21-11-19-3-1-9-23(15-19)13-17-5-7-18(8-6-17)14-24-10-2-4-20(16-24)12-22-26;;/h1-12,15-16H,13-14H2;2*1H/b21-11+,22-12+;;. The van der Waals surface area contributed by atoms with E-state index in [-0.39, 0.29) is 34.0 Å². The molecular weight excluding hydrogens is 488 g/mol. The molecule has 0 radical (unpaired) electrons. The van der Waals surface area contributed by atoms with Gasteiger partial charge in [0.2, 0.25) is 0 Å². The Balaban J connectivity index is 0.00000196. The summed E-state index contributed by atoms with van der Waals surface area (Å²) in [6, 6.07) is 16.0. The van der Waals surface area contributed by atoms with Crippen LogP contribution in [0.1, 0.15) is 22.3 Å². The van der Waals surface area contributed by atoms with E-state index in [2.05, 4.69) is 34.6 Å². The first kappa shape index (κ1) is 23.5. The minimum absolute atomic E-state index is 0. The number of halogens is 2. The van der Waals surface area contributed by atoms with Gasteiger partial charge >= 0.3 is 0 Å². The lowest BCUT2D eigenvalue weighted by Crippen LogP contribution is -3.00. The van der Waals surface area contributed by atoms with Gasteiger partial charge in [0, 0.05) is 23.3 Å². The Morgan fingerprint density at radius 2 is 1.07 bits per heavy atom. The van der Waals surface area contributed by atoms with Crippen LogP contribution in [0.5, 0.6) is 0 Å². The molecule has 3 rings (SSSR count). The van der Waals surface area contributed by atoms with Gasteiger partial charge in [-0.05, 0) is 12.1 Å². The van der Waals surface area contributed by atoms with Gasteiger partial charge in [0.15, 0.2) is 37.9 Å². The van der Waals surface area contributed by atoms with Crippen LogP contribution in [0.3, 0.4) is 0 Å². The summed E-state index contributed by atoms with van der Waals surface area (Å²) in [6.07, 6.45) is 10.6. The number of benzene rings is 1. The van der Waals surface area contributed by atoms with Gasteiger partial charge < -0.3 is 44.4 Å². The Bertz CT molecular complexity index is 855. The molecule has 2 heterocycles. The van der Waals surface area contributed by atoms with E-state index in [0.29, 0.717) is 0 Å². The van der Waals surface area contributed by atoms with Crippen LogP contribution < -0.4 is 43.1 Å². The molecule has 0 aliphatic rings. The van der Waals surface area contributed by atoms with Crippen molar-refractivity contribution in [1.29, 1.82) is 0 Å². The Labute approximate surface area is 184 Å². The quantitative estimate of drug-likeness (QED) is 0.154. The van der Waals surface area contributed by atoms with E-state index >= 15 is 0 Å². The highest BCUT2D eigenvalue weighted by Crippen LogP contribution is 2.05. The number of oxime groups is 2. The first-order valence-electron chi connectivity index (χ1n) is 8.18. The summed E-state index contributed by atoms with van der Waals surface area (Å²) >= 11 is 0. The van der Waals surface area contributed by atoms with Crippen LogP contribution in [0, 0.1) is 0 Å². The smallest absolute Gasteiger partial charge is 0.178 e. The second-order valence-electron chi connectivity index (χ2n) is 5.92. The van der Waals surface area contributed by atoms with E-state index in [1.807, 2.05) is 58.2 Å². The molecule has 3 aromatic rings. The van der Waals surface area contributed by atoms with Gasteiger partial charge in [-0.15, -0.1) is 0 Å². The Kier molecular flexibility index (Phi) is 10.0. The van der Waals surface area contributed by atoms with Gasteiger partial charge in [-0.2, -0.15) is 0 Å². The number of hydrogen-bond acceptors (Lipinski definition) is 4. The third kappa shape index (κ3) is 6.86. The molecule has 2 aromatic heterocycles. The van der Waals surface area contributed by atoms with Crippen molar-refractivity contribution in [3.05, 3.63) is 95.6 Å². The zero-order valence-corrected chi connectivity index (χ0v) is 18.1. The summed E-state index contributed by atoms with van der Waals surface area (Å²) < 4.78 is 4.08. The van der Waals surface area contributed by atoms with E-state index in [1.165, 1.54) is 23.6 Å². The van der Waals surface area contributed by atoms with E-state index in [1.54, 1.807) is 0 Å². The van der Waals surface area contributed by atoms with Crippen molar-refractivity contribution in [1.82, 2.24) is 0 Å². The largest absolute Gasteiger partial charge is 1.00 e. The molecule has 0 aliphatic carbocycles. The summed E-state index contributed by atoms with van der Waals surface area (Å²) in [7, 11) is 0. The SMILES string of the molecule is O/N=C/c1ccc[n+](Cc2ccc(C[n+]3cccc(/C=N/O)c3)cc2)c1.[Br-].[Br-]. The molecule has 28 heavy (non-hydrogen) atoms. The van der Waals surface area contributed by atoms with Crippen LogP contribution >= 0.6 is 0 Å². The lowest BCUT2D eigenvalue weighted by molar-refractivity contribution is -0.689. The van der Waals surface area contributed by atoms with Gasteiger partial charge in [-0.3, -0.25) is 0 Å². The van der Waals surface area contributed by atoms with Crippen LogP contribution in [0.15, 0.2) is 83.6 Å². The van der Waals surface area contributed by atoms with Gasteiger partial charge in [0.1, 0.15) is 0 Å². The molecule has 0 atom stereocenters. The van der Waals surface area contributed by atoms with E-state index in [9.17, 15) is 0 Å².